The molecule has 0 atom stereocenters. The number of imidazole rings is 1. The highest BCUT2D eigenvalue weighted by Crippen LogP contribution is 2.27. The maximum Gasteiger partial charge on any atom is 0.323 e. The maximum absolute atomic E-state index is 12.5. The van der Waals surface area contributed by atoms with Crippen molar-refractivity contribution in [2.45, 2.75) is 19.9 Å². The van der Waals surface area contributed by atoms with Crippen molar-refractivity contribution >= 4 is 23.3 Å². The number of aryl methyl sites for hydroxylation is 1. The van der Waals surface area contributed by atoms with Gasteiger partial charge in [0.05, 0.1) is 12.5 Å². The summed E-state index contributed by atoms with van der Waals surface area (Å²) in [6.45, 7) is 3.09. The Morgan fingerprint density at radius 2 is 1.93 bits per heavy atom. The molecule has 142 valence electrons. The second-order valence-corrected chi connectivity index (χ2v) is 6.83. The maximum atomic E-state index is 12.5. The summed E-state index contributed by atoms with van der Waals surface area (Å²) in [5.41, 5.74) is 5.23. The summed E-state index contributed by atoms with van der Waals surface area (Å²) in [4.78, 5) is 33.5. The Labute approximate surface area is 162 Å². The van der Waals surface area contributed by atoms with E-state index >= 15 is 0 Å². The topological polar surface area (TPSA) is 90.1 Å². The Balaban J connectivity index is 1.46. The molecule has 2 heterocycles. The minimum Gasteiger partial charge on any atom is -0.341 e. The molecule has 0 bridgehead atoms. The zero-order valence-electron chi connectivity index (χ0n) is 15.5. The molecule has 0 spiro atoms. The van der Waals surface area contributed by atoms with E-state index < -0.39 is 0 Å². The number of urea groups is 1. The number of rotatable bonds is 3. The molecule has 0 radical (unpaired) electrons. The van der Waals surface area contributed by atoms with Crippen molar-refractivity contribution in [1.82, 2.24) is 14.9 Å². The number of hydrogen-bond acceptors (Lipinski definition) is 3. The van der Waals surface area contributed by atoms with E-state index in [1.165, 1.54) is 12.5 Å². The number of amides is 3. The Hall–Kier alpha value is -3.61. The molecule has 7 nitrogen and oxygen atoms in total. The van der Waals surface area contributed by atoms with E-state index in [0.29, 0.717) is 25.2 Å². The molecule has 0 saturated carbocycles. The van der Waals surface area contributed by atoms with Crippen LogP contribution in [-0.2, 0) is 13.0 Å². The van der Waals surface area contributed by atoms with Gasteiger partial charge in [-0.2, -0.15) is 0 Å². The van der Waals surface area contributed by atoms with Crippen molar-refractivity contribution in [2.24, 2.45) is 0 Å². The van der Waals surface area contributed by atoms with Gasteiger partial charge in [-0.3, -0.25) is 4.79 Å². The molecule has 0 fully saturated rings. The van der Waals surface area contributed by atoms with Crippen LogP contribution in [0.15, 0.2) is 55.0 Å². The fourth-order valence-electron chi connectivity index (χ4n) is 3.36. The molecule has 1 aliphatic heterocycles. The first kappa shape index (κ1) is 17.8. The fourth-order valence-corrected chi connectivity index (χ4v) is 3.36. The van der Waals surface area contributed by atoms with Crippen molar-refractivity contribution < 1.29 is 9.59 Å². The largest absolute Gasteiger partial charge is 0.341 e. The van der Waals surface area contributed by atoms with Crippen LogP contribution in [-0.4, -0.2) is 33.4 Å². The molecule has 1 aromatic heterocycles. The van der Waals surface area contributed by atoms with Gasteiger partial charge in [0, 0.05) is 24.5 Å². The van der Waals surface area contributed by atoms with Crippen LogP contribution >= 0.6 is 0 Å². The summed E-state index contributed by atoms with van der Waals surface area (Å²) in [5.74, 6) is -0.0707. The average molecular weight is 375 g/mol. The van der Waals surface area contributed by atoms with Crippen LogP contribution in [0.4, 0.5) is 16.2 Å². The summed E-state index contributed by atoms with van der Waals surface area (Å²) < 4.78 is 0. The van der Waals surface area contributed by atoms with Gasteiger partial charge in [-0.15, -0.1) is 0 Å². The monoisotopic (exact) mass is 375 g/mol. The third-order valence-corrected chi connectivity index (χ3v) is 4.84. The van der Waals surface area contributed by atoms with Crippen LogP contribution in [0.1, 0.15) is 27.2 Å². The lowest BCUT2D eigenvalue weighted by atomic mass is 9.97. The van der Waals surface area contributed by atoms with Crippen molar-refractivity contribution in [2.75, 3.05) is 17.2 Å². The standard InChI is InChI=1S/C21H21N5O2/c1-14-5-7-16(8-6-14)24-21(28)25-18-4-2-3-15-12-26(10-9-17(15)18)20(27)19-11-22-13-23-19/h2-8,11,13H,9-10,12H2,1H3,(H,22,23)(H2,24,25,28). The molecule has 28 heavy (non-hydrogen) atoms. The lowest BCUT2D eigenvalue weighted by molar-refractivity contribution is 0.0729. The van der Waals surface area contributed by atoms with Gasteiger partial charge in [0.2, 0.25) is 0 Å². The Bertz CT molecular complexity index is 996. The molecule has 3 N–H and O–H groups in total. The van der Waals surface area contributed by atoms with Crippen LogP contribution in [0.2, 0.25) is 0 Å². The predicted molar refractivity (Wildman–Crippen MR) is 107 cm³/mol. The first-order valence-electron chi connectivity index (χ1n) is 9.13. The van der Waals surface area contributed by atoms with Gasteiger partial charge in [0.15, 0.2) is 0 Å². The second kappa shape index (κ2) is 7.56. The lowest BCUT2D eigenvalue weighted by Crippen LogP contribution is -2.36. The van der Waals surface area contributed by atoms with E-state index in [9.17, 15) is 9.59 Å². The van der Waals surface area contributed by atoms with Crippen LogP contribution in [0.25, 0.3) is 0 Å². The normalized spacial score (nSPS) is 13.0. The second-order valence-electron chi connectivity index (χ2n) is 6.83. The molecule has 4 rings (SSSR count). The summed E-state index contributed by atoms with van der Waals surface area (Å²) >= 11 is 0. The Kier molecular flexibility index (Phi) is 4.80. The molecule has 3 aromatic rings. The molecule has 3 amide bonds. The van der Waals surface area contributed by atoms with E-state index in [4.69, 9.17) is 0 Å². The highest BCUT2D eigenvalue weighted by atomic mass is 16.2. The van der Waals surface area contributed by atoms with E-state index in [-0.39, 0.29) is 11.9 Å². The average Bonchev–Trinajstić information content (AvgIpc) is 3.24. The number of aromatic nitrogens is 2. The Morgan fingerprint density at radius 3 is 2.68 bits per heavy atom. The third-order valence-electron chi connectivity index (χ3n) is 4.84. The highest BCUT2D eigenvalue weighted by Gasteiger charge is 2.24. The molecule has 7 heteroatoms. The third kappa shape index (κ3) is 3.73. The summed E-state index contributed by atoms with van der Waals surface area (Å²) in [7, 11) is 0. The van der Waals surface area contributed by atoms with Gasteiger partial charge in [-0.25, -0.2) is 9.78 Å². The number of nitrogens with one attached hydrogen (secondary N) is 3. The molecule has 0 unspecified atom stereocenters. The summed E-state index contributed by atoms with van der Waals surface area (Å²) in [6.07, 6.45) is 3.71. The zero-order valence-corrected chi connectivity index (χ0v) is 15.5. The van der Waals surface area contributed by atoms with Gasteiger partial charge < -0.3 is 20.5 Å². The SMILES string of the molecule is Cc1ccc(NC(=O)Nc2cccc3c2CCN(C(=O)c2cnc[nH]2)C3)cc1. The van der Waals surface area contributed by atoms with Crippen LogP contribution in [0.3, 0.4) is 0 Å². The van der Waals surface area contributed by atoms with E-state index in [0.717, 1.165) is 28.1 Å². The number of fused-ring (bicyclic) bond motifs is 1. The van der Waals surface area contributed by atoms with Crippen molar-refractivity contribution in [3.8, 4) is 0 Å². The Morgan fingerprint density at radius 1 is 1.11 bits per heavy atom. The quantitative estimate of drug-likeness (QED) is 0.654. The summed E-state index contributed by atoms with van der Waals surface area (Å²) in [5, 5.41) is 5.78. The van der Waals surface area contributed by atoms with Crippen molar-refractivity contribution in [3.05, 3.63) is 77.4 Å². The molecule has 0 aliphatic carbocycles. The van der Waals surface area contributed by atoms with E-state index in [2.05, 4.69) is 20.6 Å². The van der Waals surface area contributed by atoms with Gasteiger partial charge >= 0.3 is 6.03 Å². The molecular formula is C21H21N5O2. The van der Waals surface area contributed by atoms with Gasteiger partial charge in [0.25, 0.3) is 5.91 Å². The zero-order chi connectivity index (χ0) is 19.5. The first-order chi connectivity index (χ1) is 13.6. The summed E-state index contributed by atoms with van der Waals surface area (Å²) in [6, 6.07) is 13.1. The molecule has 0 saturated heterocycles. The van der Waals surface area contributed by atoms with E-state index in [1.54, 1.807) is 4.90 Å². The minimum atomic E-state index is -0.284. The smallest absolute Gasteiger partial charge is 0.323 e. The number of hydrogen-bond donors (Lipinski definition) is 3. The molecule has 1 aliphatic rings. The van der Waals surface area contributed by atoms with Gasteiger partial charge in [0.1, 0.15) is 5.69 Å². The molecule has 2 aromatic carbocycles. The first-order valence-corrected chi connectivity index (χ1v) is 9.13. The minimum absolute atomic E-state index is 0.0707. The number of H-pyrrole nitrogens is 1. The number of benzene rings is 2. The lowest BCUT2D eigenvalue weighted by Gasteiger charge is -2.29. The number of carbonyl (C=O) groups excluding carboxylic acids is 2. The number of aromatic amines is 1. The van der Waals surface area contributed by atoms with Crippen molar-refractivity contribution in [3.63, 3.8) is 0 Å². The molecular weight excluding hydrogens is 354 g/mol. The van der Waals surface area contributed by atoms with E-state index in [1.807, 2.05) is 49.4 Å². The van der Waals surface area contributed by atoms with Crippen LogP contribution < -0.4 is 10.6 Å². The number of anilines is 2. The highest BCUT2D eigenvalue weighted by molar-refractivity contribution is 6.00. The van der Waals surface area contributed by atoms with Crippen LogP contribution in [0, 0.1) is 6.92 Å². The van der Waals surface area contributed by atoms with Gasteiger partial charge in [-0.1, -0.05) is 29.8 Å². The fraction of sp³-hybridized carbons (Fsp3) is 0.190. The van der Waals surface area contributed by atoms with Crippen LogP contribution in [0.5, 0.6) is 0 Å². The van der Waals surface area contributed by atoms with Crippen molar-refractivity contribution in [1.29, 1.82) is 0 Å². The predicted octanol–water partition coefficient (Wildman–Crippen LogP) is 3.56. The number of nitrogens with zero attached hydrogens (tertiary/aromatic N) is 2. The number of carbonyl (C=O) groups is 2. The van der Waals surface area contributed by atoms with Gasteiger partial charge in [-0.05, 0) is 42.7 Å².